The van der Waals surface area contributed by atoms with Crippen LogP contribution in [0.4, 0.5) is 0 Å². The molecule has 0 aliphatic rings. The minimum absolute atomic E-state index is 0. The third-order valence-corrected chi connectivity index (χ3v) is 2.30. The number of esters is 2. The molecule has 1 unspecified atom stereocenters. The quantitative estimate of drug-likeness (QED) is 0.130. The molecule has 0 aliphatic carbocycles. The van der Waals surface area contributed by atoms with Crippen LogP contribution in [-0.2, 0) is 42.9 Å². The molecule has 0 saturated heterocycles. The van der Waals surface area contributed by atoms with E-state index in [9.17, 15) is 24.0 Å². The first kappa shape index (κ1) is 33.3. The van der Waals surface area contributed by atoms with Gasteiger partial charge < -0.3 is 30.0 Å². The maximum absolute atomic E-state index is 10.8. The molecule has 1 atom stereocenters. The Bertz CT molecular complexity index is 387. The van der Waals surface area contributed by atoms with Gasteiger partial charge in [-0.25, -0.2) is 0 Å². The van der Waals surface area contributed by atoms with Gasteiger partial charge in [-0.2, -0.15) is 0 Å². The molecule has 10 heteroatoms. The monoisotopic (exact) mass is 402 g/mol. The second kappa shape index (κ2) is 26.9. The van der Waals surface area contributed by atoms with E-state index in [1.807, 2.05) is 13.8 Å². The summed E-state index contributed by atoms with van der Waals surface area (Å²) in [4.78, 5) is 50.4. The molecule has 27 heavy (non-hydrogen) atoms. The van der Waals surface area contributed by atoms with Crippen molar-refractivity contribution >= 4 is 31.0 Å². The maximum atomic E-state index is 10.8. The van der Waals surface area contributed by atoms with Crippen molar-refractivity contribution in [2.75, 3.05) is 26.4 Å². The van der Waals surface area contributed by atoms with Crippen LogP contribution in [0.5, 0.6) is 0 Å². The molecule has 154 valence electrons. The molecule has 0 radical (unpaired) electrons. The molecule has 0 aliphatic heterocycles. The normalized spacial score (nSPS) is 9.70. The number of carbonyl (C=O) groups is 5. The summed E-state index contributed by atoms with van der Waals surface area (Å²) in [6.45, 7) is 11.1. The van der Waals surface area contributed by atoms with Crippen LogP contribution in [0.25, 0.3) is 0 Å². The van der Waals surface area contributed by atoms with E-state index in [-0.39, 0.29) is 62.2 Å². The molecule has 0 N–H and O–H groups in total. The largest absolute Gasteiger partial charge is 1.00 e. The molecule has 0 bridgehead atoms. The Kier molecular flexibility index (Phi) is 33.2. The van der Waals surface area contributed by atoms with Crippen molar-refractivity contribution in [3.8, 4) is 0 Å². The number of hydrogen-bond acceptors (Lipinski definition) is 9. The Hall–Kier alpha value is -1.29. The molecule has 9 nitrogen and oxygen atoms in total. The van der Waals surface area contributed by atoms with Crippen molar-refractivity contribution < 1.29 is 73.9 Å². The molecule has 0 spiro atoms. The molecule has 0 saturated carbocycles. The van der Waals surface area contributed by atoms with E-state index in [0.29, 0.717) is 32.7 Å². The summed E-state index contributed by atoms with van der Waals surface area (Å²) in [5, 5.41) is 0. The molecule has 0 heterocycles. The van der Waals surface area contributed by atoms with Crippen LogP contribution in [0, 0.1) is 5.92 Å². The van der Waals surface area contributed by atoms with E-state index in [2.05, 4.69) is 9.47 Å². The fourth-order valence-corrected chi connectivity index (χ4v) is 1.25. The number of ether oxygens (including phenoxy) is 4. The van der Waals surface area contributed by atoms with Crippen LogP contribution in [0.1, 0.15) is 42.5 Å². The number of aldehydes is 2. The van der Waals surface area contributed by atoms with E-state index in [1.54, 1.807) is 20.8 Å². The van der Waals surface area contributed by atoms with Crippen molar-refractivity contribution in [2.24, 2.45) is 5.92 Å². The molecular weight excluding hydrogens is 371 g/mol. The minimum Gasteiger partial charge on any atom is -1.00 e. The average molecular weight is 402 g/mol. The molecule has 0 aromatic carbocycles. The SMILES string of the molecule is CCOC(=O)C(C=O)C=O.CCOC(=O)CC(C)OCC.CCOC=O.[H-].[Na+]. The van der Waals surface area contributed by atoms with Gasteiger partial charge in [-0.3, -0.25) is 14.4 Å². The molecule has 0 aromatic rings. The molecule has 0 fully saturated rings. The van der Waals surface area contributed by atoms with Crippen molar-refractivity contribution in [3.05, 3.63) is 0 Å². The predicted octanol–water partition coefficient (Wildman–Crippen LogP) is -1.78. The summed E-state index contributed by atoms with van der Waals surface area (Å²) in [6, 6.07) is 0. The molecule has 0 aromatic heterocycles. The van der Waals surface area contributed by atoms with Gasteiger partial charge in [0, 0.05) is 6.61 Å². The van der Waals surface area contributed by atoms with Crippen molar-refractivity contribution in [1.82, 2.24) is 0 Å². The van der Waals surface area contributed by atoms with Crippen LogP contribution in [0.2, 0.25) is 0 Å². The Morgan fingerprint density at radius 2 is 1.41 bits per heavy atom. The van der Waals surface area contributed by atoms with Gasteiger partial charge in [0.2, 0.25) is 0 Å². The van der Waals surface area contributed by atoms with E-state index in [0.717, 1.165) is 0 Å². The number of carbonyl (C=O) groups excluding carboxylic acids is 5. The van der Waals surface area contributed by atoms with Crippen molar-refractivity contribution in [1.29, 1.82) is 0 Å². The smallest absolute Gasteiger partial charge is 1.00 e. The average Bonchev–Trinajstić information content (AvgIpc) is 2.58. The van der Waals surface area contributed by atoms with Crippen LogP contribution >= 0.6 is 0 Å². The first-order valence-corrected chi connectivity index (χ1v) is 8.27. The summed E-state index contributed by atoms with van der Waals surface area (Å²) in [7, 11) is 0. The van der Waals surface area contributed by atoms with Gasteiger partial charge in [0.25, 0.3) is 6.47 Å². The fourth-order valence-electron chi connectivity index (χ4n) is 1.25. The second-order valence-corrected chi connectivity index (χ2v) is 4.38. The summed E-state index contributed by atoms with van der Waals surface area (Å²) < 4.78 is 18.4. The van der Waals surface area contributed by atoms with Crippen LogP contribution in [-0.4, -0.2) is 63.5 Å². The zero-order valence-corrected chi connectivity index (χ0v) is 19.1. The first-order valence-electron chi connectivity index (χ1n) is 8.27. The first-order chi connectivity index (χ1) is 12.4. The van der Waals surface area contributed by atoms with E-state index in [1.165, 1.54) is 0 Å². The van der Waals surface area contributed by atoms with E-state index in [4.69, 9.17) is 9.47 Å². The van der Waals surface area contributed by atoms with Gasteiger partial charge in [0.1, 0.15) is 12.6 Å². The van der Waals surface area contributed by atoms with Gasteiger partial charge in [0.15, 0.2) is 5.92 Å². The Labute approximate surface area is 184 Å². The van der Waals surface area contributed by atoms with Crippen LogP contribution in [0.3, 0.4) is 0 Å². The predicted molar refractivity (Wildman–Crippen MR) is 93.4 cm³/mol. The van der Waals surface area contributed by atoms with Crippen molar-refractivity contribution in [2.45, 2.75) is 47.1 Å². The Morgan fingerprint density at radius 1 is 0.889 bits per heavy atom. The van der Waals surface area contributed by atoms with Gasteiger partial charge in [-0.05, 0) is 34.6 Å². The van der Waals surface area contributed by atoms with Crippen LogP contribution in [0.15, 0.2) is 0 Å². The Balaban J connectivity index is -0.0000000968. The zero-order chi connectivity index (χ0) is 20.8. The van der Waals surface area contributed by atoms with Gasteiger partial charge in [-0.15, -0.1) is 0 Å². The summed E-state index contributed by atoms with van der Waals surface area (Å²) in [5.74, 6) is -2.22. The molecular formula is C17H31NaO9. The second-order valence-electron chi connectivity index (χ2n) is 4.38. The third kappa shape index (κ3) is 27.0. The minimum atomic E-state index is -1.25. The van der Waals surface area contributed by atoms with E-state index >= 15 is 0 Å². The number of hydrogen-bond donors (Lipinski definition) is 0. The standard InChI is InChI=1S/C8H16O3.C6H8O4.C3H6O2.Na.H/c1-4-10-7(3)6-8(9)11-5-2;1-2-10-6(9)5(3-7)4-8;1-2-5-3-4;;/h7H,4-6H2,1-3H3;3-5H,2H2,1H3;3H,2H2,1H3;;/q;;;+1;-1. The third-order valence-electron chi connectivity index (χ3n) is 2.30. The summed E-state index contributed by atoms with van der Waals surface area (Å²) in [5.41, 5.74) is 0. The zero-order valence-electron chi connectivity index (χ0n) is 18.1. The summed E-state index contributed by atoms with van der Waals surface area (Å²) >= 11 is 0. The molecule has 0 amide bonds. The Morgan fingerprint density at radius 3 is 1.70 bits per heavy atom. The van der Waals surface area contributed by atoms with Gasteiger partial charge in [-0.1, -0.05) is 0 Å². The van der Waals surface area contributed by atoms with Crippen molar-refractivity contribution in [3.63, 3.8) is 0 Å². The van der Waals surface area contributed by atoms with Crippen LogP contribution < -0.4 is 29.6 Å². The maximum Gasteiger partial charge on any atom is 1.00 e. The van der Waals surface area contributed by atoms with Gasteiger partial charge in [0.05, 0.1) is 32.3 Å². The fraction of sp³-hybridized carbons (Fsp3) is 0.706. The number of rotatable bonds is 11. The van der Waals surface area contributed by atoms with Gasteiger partial charge >= 0.3 is 41.5 Å². The summed E-state index contributed by atoms with van der Waals surface area (Å²) in [6.07, 6.45) is 0.830. The van der Waals surface area contributed by atoms with E-state index < -0.39 is 11.9 Å². The molecule has 0 rings (SSSR count). The topological polar surface area (TPSA) is 122 Å².